The van der Waals surface area contributed by atoms with Crippen molar-refractivity contribution in [2.75, 3.05) is 6.54 Å². The van der Waals surface area contributed by atoms with Crippen LogP contribution in [0.1, 0.15) is 34.9 Å². The summed E-state index contributed by atoms with van der Waals surface area (Å²) >= 11 is 9.19. The lowest BCUT2D eigenvalue weighted by Gasteiger charge is -2.24. The van der Waals surface area contributed by atoms with Crippen molar-refractivity contribution in [2.24, 2.45) is 0 Å². The van der Waals surface area contributed by atoms with E-state index >= 15 is 0 Å². The van der Waals surface area contributed by atoms with Gasteiger partial charge in [0.25, 0.3) is 5.91 Å². The predicted octanol–water partition coefficient (Wildman–Crippen LogP) is 3.87. The first kappa shape index (κ1) is 14.5. The molecule has 3 rings (SSSR count). The molecule has 0 spiro atoms. The SMILES string of the molecule is O=C(c1cnc(Cl)cn1)N1CCCC1c1cccc(Br)c1. The lowest BCUT2D eigenvalue weighted by molar-refractivity contribution is 0.0729. The molecule has 1 aromatic heterocycles. The van der Waals surface area contributed by atoms with Crippen LogP contribution in [-0.2, 0) is 0 Å². The molecule has 1 amide bonds. The third-order valence-corrected chi connectivity index (χ3v) is 4.27. The fourth-order valence-electron chi connectivity index (χ4n) is 2.64. The Morgan fingerprint density at radius 3 is 2.90 bits per heavy atom. The largest absolute Gasteiger partial charge is 0.330 e. The number of nitrogens with zero attached hydrogens (tertiary/aromatic N) is 3. The van der Waals surface area contributed by atoms with Crippen molar-refractivity contribution in [3.05, 3.63) is 57.5 Å². The van der Waals surface area contributed by atoms with Gasteiger partial charge in [-0.25, -0.2) is 9.97 Å². The lowest BCUT2D eigenvalue weighted by Crippen LogP contribution is -2.31. The van der Waals surface area contributed by atoms with Crippen LogP contribution in [0.2, 0.25) is 5.15 Å². The summed E-state index contributed by atoms with van der Waals surface area (Å²) in [6.07, 6.45) is 4.78. The van der Waals surface area contributed by atoms with E-state index in [1.54, 1.807) is 0 Å². The minimum atomic E-state index is -0.0957. The van der Waals surface area contributed by atoms with Gasteiger partial charge in [-0.1, -0.05) is 39.7 Å². The molecule has 21 heavy (non-hydrogen) atoms. The molecule has 0 saturated carbocycles. The summed E-state index contributed by atoms with van der Waals surface area (Å²) in [6.45, 7) is 0.736. The highest BCUT2D eigenvalue weighted by atomic mass is 79.9. The number of benzene rings is 1. The third kappa shape index (κ3) is 3.09. The van der Waals surface area contributed by atoms with Gasteiger partial charge in [-0.2, -0.15) is 0 Å². The molecule has 0 bridgehead atoms. The van der Waals surface area contributed by atoms with Crippen molar-refractivity contribution < 1.29 is 4.79 Å². The molecule has 108 valence electrons. The lowest BCUT2D eigenvalue weighted by atomic mass is 10.0. The van der Waals surface area contributed by atoms with Gasteiger partial charge in [0.2, 0.25) is 0 Å². The Labute approximate surface area is 136 Å². The summed E-state index contributed by atoms with van der Waals surface area (Å²) in [5.74, 6) is -0.0957. The number of likely N-dealkylation sites (tertiary alicyclic amines) is 1. The van der Waals surface area contributed by atoms with E-state index in [1.807, 2.05) is 17.0 Å². The van der Waals surface area contributed by atoms with E-state index in [1.165, 1.54) is 12.4 Å². The van der Waals surface area contributed by atoms with Gasteiger partial charge in [-0.05, 0) is 30.5 Å². The van der Waals surface area contributed by atoms with Crippen molar-refractivity contribution in [3.8, 4) is 0 Å². The van der Waals surface area contributed by atoms with Crippen molar-refractivity contribution >= 4 is 33.4 Å². The Morgan fingerprint density at radius 1 is 1.33 bits per heavy atom. The molecular formula is C15H13BrClN3O. The highest BCUT2D eigenvalue weighted by Crippen LogP contribution is 2.33. The Hall–Kier alpha value is -1.46. The van der Waals surface area contributed by atoms with Crippen LogP contribution in [0, 0.1) is 0 Å². The first-order valence-corrected chi connectivity index (χ1v) is 7.86. The molecule has 1 fully saturated rings. The van der Waals surface area contributed by atoms with E-state index in [-0.39, 0.29) is 17.1 Å². The number of rotatable bonds is 2. The highest BCUT2D eigenvalue weighted by Gasteiger charge is 2.31. The summed E-state index contributed by atoms with van der Waals surface area (Å²) in [5.41, 5.74) is 1.47. The van der Waals surface area contributed by atoms with E-state index in [9.17, 15) is 4.79 Å². The number of hydrogen-bond acceptors (Lipinski definition) is 3. The molecule has 1 aliphatic rings. The van der Waals surface area contributed by atoms with Gasteiger partial charge < -0.3 is 4.90 Å². The summed E-state index contributed by atoms with van der Waals surface area (Å²) < 4.78 is 1.02. The molecule has 1 atom stereocenters. The minimum Gasteiger partial charge on any atom is -0.330 e. The van der Waals surface area contributed by atoms with Crippen LogP contribution in [0.25, 0.3) is 0 Å². The molecule has 4 nitrogen and oxygen atoms in total. The second kappa shape index (κ2) is 6.12. The molecule has 0 radical (unpaired) electrons. The number of amides is 1. The van der Waals surface area contributed by atoms with Crippen molar-refractivity contribution in [1.29, 1.82) is 0 Å². The average molecular weight is 367 g/mol. The van der Waals surface area contributed by atoms with Crippen LogP contribution >= 0.6 is 27.5 Å². The zero-order valence-corrected chi connectivity index (χ0v) is 13.5. The van der Waals surface area contributed by atoms with Gasteiger partial charge in [-0.15, -0.1) is 0 Å². The standard InChI is InChI=1S/C15H13BrClN3O/c16-11-4-1-3-10(7-11)13-5-2-6-20(13)15(21)12-8-19-14(17)9-18-12/h1,3-4,7-9,13H,2,5-6H2. The van der Waals surface area contributed by atoms with Crippen molar-refractivity contribution in [2.45, 2.75) is 18.9 Å². The molecule has 6 heteroatoms. The van der Waals surface area contributed by atoms with Crippen LogP contribution < -0.4 is 0 Å². The van der Waals surface area contributed by atoms with Gasteiger partial charge in [0.1, 0.15) is 10.8 Å². The van der Waals surface area contributed by atoms with Crippen LogP contribution in [0.3, 0.4) is 0 Å². The summed E-state index contributed by atoms with van der Waals surface area (Å²) in [7, 11) is 0. The number of hydrogen-bond donors (Lipinski definition) is 0. The predicted molar refractivity (Wildman–Crippen MR) is 84.2 cm³/mol. The van der Waals surface area contributed by atoms with Crippen LogP contribution in [0.5, 0.6) is 0 Å². The van der Waals surface area contributed by atoms with E-state index in [2.05, 4.69) is 38.0 Å². The summed E-state index contributed by atoms with van der Waals surface area (Å²) in [5, 5.41) is 0.288. The van der Waals surface area contributed by atoms with E-state index in [4.69, 9.17) is 11.6 Å². The first-order valence-electron chi connectivity index (χ1n) is 6.69. The molecule has 1 saturated heterocycles. The average Bonchev–Trinajstić information content (AvgIpc) is 2.97. The van der Waals surface area contributed by atoms with Crippen LogP contribution in [0.15, 0.2) is 41.1 Å². The Balaban J connectivity index is 1.87. The zero-order chi connectivity index (χ0) is 14.8. The molecule has 0 N–H and O–H groups in total. The quantitative estimate of drug-likeness (QED) is 0.810. The van der Waals surface area contributed by atoms with E-state index in [0.29, 0.717) is 5.69 Å². The number of carbonyl (C=O) groups excluding carboxylic acids is 1. The topological polar surface area (TPSA) is 46.1 Å². The number of halogens is 2. The minimum absolute atomic E-state index is 0.0903. The van der Waals surface area contributed by atoms with Gasteiger partial charge >= 0.3 is 0 Å². The maximum absolute atomic E-state index is 12.6. The Morgan fingerprint density at radius 2 is 2.19 bits per heavy atom. The van der Waals surface area contributed by atoms with Crippen LogP contribution in [0.4, 0.5) is 0 Å². The first-order chi connectivity index (χ1) is 10.1. The van der Waals surface area contributed by atoms with Gasteiger partial charge in [0.15, 0.2) is 0 Å². The molecular weight excluding hydrogens is 354 g/mol. The van der Waals surface area contributed by atoms with Gasteiger partial charge in [0, 0.05) is 11.0 Å². The molecule has 1 unspecified atom stereocenters. The Bertz CT molecular complexity index is 662. The molecule has 1 aromatic carbocycles. The maximum Gasteiger partial charge on any atom is 0.274 e. The van der Waals surface area contributed by atoms with Crippen molar-refractivity contribution in [3.63, 3.8) is 0 Å². The normalized spacial score (nSPS) is 18.0. The molecule has 1 aliphatic heterocycles. The second-order valence-electron chi connectivity index (χ2n) is 4.94. The monoisotopic (exact) mass is 365 g/mol. The summed E-state index contributed by atoms with van der Waals surface area (Å²) in [4.78, 5) is 22.5. The van der Waals surface area contributed by atoms with Crippen LogP contribution in [-0.4, -0.2) is 27.3 Å². The van der Waals surface area contributed by atoms with Crippen molar-refractivity contribution in [1.82, 2.24) is 14.9 Å². The van der Waals surface area contributed by atoms with Gasteiger partial charge in [-0.3, -0.25) is 4.79 Å². The van der Waals surface area contributed by atoms with Gasteiger partial charge in [0.05, 0.1) is 18.4 Å². The third-order valence-electron chi connectivity index (χ3n) is 3.59. The smallest absolute Gasteiger partial charge is 0.274 e. The molecule has 2 aromatic rings. The fraction of sp³-hybridized carbons (Fsp3) is 0.267. The van der Waals surface area contributed by atoms with E-state index < -0.39 is 0 Å². The second-order valence-corrected chi connectivity index (χ2v) is 6.24. The highest BCUT2D eigenvalue weighted by molar-refractivity contribution is 9.10. The maximum atomic E-state index is 12.6. The van der Waals surface area contributed by atoms with E-state index in [0.717, 1.165) is 29.4 Å². The fourth-order valence-corrected chi connectivity index (χ4v) is 3.15. The number of aromatic nitrogens is 2. The Kier molecular flexibility index (Phi) is 4.22. The number of carbonyl (C=O) groups is 1. The zero-order valence-electron chi connectivity index (χ0n) is 11.2. The molecule has 0 aliphatic carbocycles. The summed E-state index contributed by atoms with van der Waals surface area (Å²) in [6, 6.07) is 8.17. The molecule has 2 heterocycles.